The van der Waals surface area contributed by atoms with E-state index in [9.17, 15) is 40.5 Å². The Balaban J connectivity index is 1.18. The number of aliphatic hydroxyl groups excluding tert-OH is 6. The van der Waals surface area contributed by atoms with Crippen LogP contribution in [-0.2, 0) is 19.0 Å². The zero-order chi connectivity index (χ0) is 38.0. The van der Waals surface area contributed by atoms with Crippen LogP contribution in [0.1, 0.15) is 113 Å². The Kier molecular flexibility index (Phi) is 9.74. The minimum atomic E-state index is -1.55. The van der Waals surface area contributed by atoms with Crippen molar-refractivity contribution in [1.29, 1.82) is 0 Å². The average Bonchev–Trinajstić information content (AvgIpc) is 3.08. The van der Waals surface area contributed by atoms with Crippen LogP contribution in [0.5, 0.6) is 0 Å². The zero-order valence-electron chi connectivity index (χ0n) is 32.3. The molecular weight excluding hydrogens is 668 g/mol. The quantitative estimate of drug-likeness (QED) is 0.161. The number of carbonyl (C=O) groups is 1. The Morgan fingerprint density at radius 3 is 2.23 bits per heavy atom. The third kappa shape index (κ3) is 5.41. The molecule has 0 amide bonds. The molecule has 7 N–H and O–H groups in total. The Labute approximate surface area is 309 Å². The number of carboxylic acid groups (broad SMARTS) is 1. The Hall–Kier alpha value is -1.15. The molecule has 0 spiro atoms. The SMILES string of the molecule is CC1OC(C2C(OC3CCC4(C)C(CCC5(C)C4CC=C4C6CC(C)(C)CCC6(C(=O)O)CCC45C)C3(C)CO)OCC(O)C2O)C(O)C(O)C1O. The van der Waals surface area contributed by atoms with Crippen molar-refractivity contribution in [3.63, 3.8) is 0 Å². The van der Waals surface area contributed by atoms with Gasteiger partial charge in [-0.3, -0.25) is 4.79 Å². The summed E-state index contributed by atoms with van der Waals surface area (Å²) in [6, 6.07) is 0. The van der Waals surface area contributed by atoms with Crippen molar-refractivity contribution in [3.05, 3.63) is 11.6 Å². The van der Waals surface area contributed by atoms with Gasteiger partial charge in [-0.05, 0) is 111 Å². The van der Waals surface area contributed by atoms with E-state index in [-0.39, 0.29) is 46.7 Å². The molecule has 11 nitrogen and oxygen atoms in total. The summed E-state index contributed by atoms with van der Waals surface area (Å²) >= 11 is 0. The average molecular weight is 735 g/mol. The van der Waals surface area contributed by atoms with Crippen LogP contribution in [0.15, 0.2) is 11.6 Å². The fourth-order valence-corrected chi connectivity index (χ4v) is 13.7. The number of aliphatic carboxylic acids is 1. The standard InChI is InChI=1S/C41H66O11/c1-21-29(44)31(46)32(47)33(51-21)28-30(45)24(43)19-50-34(28)52-27-11-12-37(4)25(38(27,5)20-42)10-13-40(7)26(37)9-8-22-23-18-36(2,3)14-16-41(23,35(48)49)17-15-39(22,40)6/h8,21,23-34,42-47H,9-20H2,1-7H3,(H,48,49). The maximum Gasteiger partial charge on any atom is 0.310 e. The third-order valence-corrected chi connectivity index (χ3v) is 17.2. The molecule has 0 aromatic rings. The van der Waals surface area contributed by atoms with E-state index < -0.39 is 77.8 Å². The van der Waals surface area contributed by atoms with E-state index in [1.807, 2.05) is 0 Å². The van der Waals surface area contributed by atoms with Crippen LogP contribution in [0.4, 0.5) is 0 Å². The van der Waals surface area contributed by atoms with E-state index in [0.717, 1.165) is 51.4 Å². The molecule has 18 atom stereocenters. The molecule has 11 heteroatoms. The van der Waals surface area contributed by atoms with Crippen LogP contribution in [0.25, 0.3) is 0 Å². The molecule has 0 aromatic heterocycles. The van der Waals surface area contributed by atoms with Crippen molar-refractivity contribution in [2.45, 2.75) is 168 Å². The first kappa shape index (κ1) is 39.1. The van der Waals surface area contributed by atoms with E-state index in [1.165, 1.54) is 5.57 Å². The number of fused-ring (bicyclic) bond motifs is 7. The van der Waals surface area contributed by atoms with Crippen LogP contribution in [0.3, 0.4) is 0 Å². The smallest absolute Gasteiger partial charge is 0.310 e. The van der Waals surface area contributed by atoms with Gasteiger partial charge in [-0.1, -0.05) is 53.2 Å². The summed E-state index contributed by atoms with van der Waals surface area (Å²) in [7, 11) is 0. The lowest BCUT2D eigenvalue weighted by Crippen LogP contribution is -2.67. The lowest BCUT2D eigenvalue weighted by atomic mass is 9.33. The lowest BCUT2D eigenvalue weighted by molar-refractivity contribution is -0.332. The molecule has 7 aliphatic rings. The summed E-state index contributed by atoms with van der Waals surface area (Å²) in [5, 5.41) is 75.8. The lowest BCUT2D eigenvalue weighted by Gasteiger charge is -2.71. The van der Waals surface area contributed by atoms with E-state index in [2.05, 4.69) is 47.6 Å². The number of carboxylic acids is 1. The minimum absolute atomic E-state index is 0.0407. The first-order valence-corrected chi connectivity index (χ1v) is 20.1. The van der Waals surface area contributed by atoms with Crippen molar-refractivity contribution in [2.75, 3.05) is 13.2 Å². The van der Waals surface area contributed by atoms with Gasteiger partial charge in [0.15, 0.2) is 6.29 Å². The molecule has 5 aliphatic carbocycles. The van der Waals surface area contributed by atoms with Gasteiger partial charge in [0, 0.05) is 5.41 Å². The van der Waals surface area contributed by atoms with Gasteiger partial charge >= 0.3 is 5.97 Å². The van der Waals surface area contributed by atoms with Crippen molar-refractivity contribution >= 4 is 5.97 Å². The van der Waals surface area contributed by atoms with Crippen molar-refractivity contribution in [2.24, 2.45) is 56.2 Å². The summed E-state index contributed by atoms with van der Waals surface area (Å²) in [4.78, 5) is 13.0. The van der Waals surface area contributed by atoms with Crippen LogP contribution >= 0.6 is 0 Å². The number of hydrogen-bond donors (Lipinski definition) is 7. The first-order valence-electron chi connectivity index (χ1n) is 20.1. The van der Waals surface area contributed by atoms with E-state index in [4.69, 9.17) is 14.2 Å². The van der Waals surface area contributed by atoms with Gasteiger partial charge in [-0.2, -0.15) is 0 Å². The molecule has 0 bridgehead atoms. The molecule has 0 aromatic carbocycles. The van der Waals surface area contributed by atoms with Gasteiger partial charge in [0.05, 0.1) is 49.0 Å². The minimum Gasteiger partial charge on any atom is -0.481 e. The second kappa shape index (κ2) is 12.9. The molecule has 18 unspecified atom stereocenters. The molecule has 4 saturated carbocycles. The van der Waals surface area contributed by atoms with Crippen LogP contribution in [-0.4, -0.2) is 110 Å². The molecule has 52 heavy (non-hydrogen) atoms. The molecule has 7 rings (SSSR count). The Morgan fingerprint density at radius 2 is 1.56 bits per heavy atom. The van der Waals surface area contributed by atoms with Crippen molar-refractivity contribution < 1.29 is 54.8 Å². The highest BCUT2D eigenvalue weighted by Gasteiger charge is 2.70. The molecule has 2 saturated heterocycles. The van der Waals surface area contributed by atoms with Gasteiger partial charge in [0.1, 0.15) is 24.4 Å². The summed E-state index contributed by atoms with van der Waals surface area (Å²) < 4.78 is 18.8. The number of ether oxygens (including phenoxy) is 3. The Morgan fingerprint density at radius 1 is 0.865 bits per heavy atom. The van der Waals surface area contributed by atoms with Crippen LogP contribution < -0.4 is 0 Å². The summed E-state index contributed by atoms with van der Waals surface area (Å²) in [6.07, 6.45) is 0.180. The van der Waals surface area contributed by atoms with Crippen LogP contribution in [0.2, 0.25) is 0 Å². The first-order chi connectivity index (χ1) is 24.2. The van der Waals surface area contributed by atoms with E-state index in [0.29, 0.717) is 18.8 Å². The van der Waals surface area contributed by atoms with Gasteiger partial charge in [-0.15, -0.1) is 0 Å². The molecule has 6 fully saturated rings. The molecule has 296 valence electrons. The largest absolute Gasteiger partial charge is 0.481 e. The topological polar surface area (TPSA) is 186 Å². The monoisotopic (exact) mass is 734 g/mol. The zero-order valence-corrected chi connectivity index (χ0v) is 32.3. The van der Waals surface area contributed by atoms with Crippen LogP contribution in [0, 0.1) is 56.2 Å². The fourth-order valence-electron chi connectivity index (χ4n) is 13.7. The number of rotatable bonds is 5. The van der Waals surface area contributed by atoms with Crippen molar-refractivity contribution in [3.8, 4) is 0 Å². The van der Waals surface area contributed by atoms with Gasteiger partial charge in [0.2, 0.25) is 0 Å². The molecule has 0 radical (unpaired) electrons. The maximum atomic E-state index is 13.0. The number of allylic oxidation sites excluding steroid dienone is 2. The highest BCUT2D eigenvalue weighted by Crippen LogP contribution is 2.76. The predicted octanol–water partition coefficient (Wildman–Crippen LogP) is 3.79. The summed E-state index contributed by atoms with van der Waals surface area (Å²) in [5.74, 6) is -1.23. The molecule has 2 heterocycles. The highest BCUT2D eigenvalue weighted by molar-refractivity contribution is 5.76. The third-order valence-electron chi connectivity index (χ3n) is 17.2. The van der Waals surface area contributed by atoms with E-state index >= 15 is 0 Å². The second-order valence-electron chi connectivity index (χ2n) is 20.1. The normalized spacial score (nSPS) is 55.9. The summed E-state index contributed by atoms with van der Waals surface area (Å²) in [5.41, 5.74) is -0.191. The van der Waals surface area contributed by atoms with Gasteiger partial charge < -0.3 is 50.0 Å². The highest BCUT2D eigenvalue weighted by atomic mass is 16.7. The van der Waals surface area contributed by atoms with Gasteiger partial charge in [0.25, 0.3) is 0 Å². The fraction of sp³-hybridized carbons (Fsp3) is 0.927. The Bertz CT molecular complexity index is 1420. The summed E-state index contributed by atoms with van der Waals surface area (Å²) in [6.45, 7) is 15.3. The van der Waals surface area contributed by atoms with E-state index in [1.54, 1.807) is 6.92 Å². The van der Waals surface area contributed by atoms with Crippen molar-refractivity contribution in [1.82, 2.24) is 0 Å². The van der Waals surface area contributed by atoms with Gasteiger partial charge in [-0.25, -0.2) is 0 Å². The number of aliphatic hydroxyl groups is 6. The second-order valence-corrected chi connectivity index (χ2v) is 20.1. The molecular formula is C41H66O11. The molecule has 2 aliphatic heterocycles. The number of hydrogen-bond acceptors (Lipinski definition) is 10. The maximum absolute atomic E-state index is 13.0. The predicted molar refractivity (Wildman–Crippen MR) is 191 cm³/mol.